The molecule has 0 saturated heterocycles. The quantitative estimate of drug-likeness (QED) is 0.699. The van der Waals surface area contributed by atoms with Gasteiger partial charge in [-0.2, -0.15) is 0 Å². The van der Waals surface area contributed by atoms with Gasteiger partial charge in [0.15, 0.2) is 6.61 Å². The number of carbonyl (C=O) groups excluding carboxylic acids is 3. The van der Waals surface area contributed by atoms with E-state index in [1.807, 2.05) is 24.3 Å². The van der Waals surface area contributed by atoms with Crippen LogP contribution in [0, 0.1) is 0 Å². The molecule has 0 bridgehead atoms. The van der Waals surface area contributed by atoms with Crippen molar-refractivity contribution in [2.45, 2.75) is 6.92 Å². The average Bonchev–Trinajstić information content (AvgIpc) is 3.10. The zero-order valence-electron chi connectivity index (χ0n) is 12.8. The molecule has 2 heterocycles. The zero-order chi connectivity index (χ0) is 17.1. The van der Waals surface area contributed by atoms with Crippen LogP contribution < -0.4 is 10.6 Å². The predicted octanol–water partition coefficient (Wildman–Crippen LogP) is 3.12. The topological polar surface area (TPSA) is 84.5 Å². The number of hydrogen-bond donors (Lipinski definition) is 2. The second-order valence-electron chi connectivity index (χ2n) is 4.89. The third-order valence-corrected chi connectivity index (χ3v) is 5.57. The van der Waals surface area contributed by atoms with Gasteiger partial charge in [0.05, 0.1) is 4.70 Å². The van der Waals surface area contributed by atoms with Crippen molar-refractivity contribution in [1.82, 2.24) is 10.6 Å². The molecule has 0 spiro atoms. The van der Waals surface area contributed by atoms with Crippen LogP contribution in [0.2, 0.25) is 0 Å². The van der Waals surface area contributed by atoms with Crippen molar-refractivity contribution in [3.63, 3.8) is 0 Å². The fourth-order valence-corrected chi connectivity index (χ4v) is 4.59. The summed E-state index contributed by atoms with van der Waals surface area (Å²) in [5.74, 6) is -1.24. The number of benzene rings is 1. The fourth-order valence-electron chi connectivity index (χ4n) is 2.17. The fraction of sp³-hybridized carbons (Fsp3) is 0.188. The van der Waals surface area contributed by atoms with E-state index >= 15 is 0 Å². The third-order valence-electron chi connectivity index (χ3n) is 3.18. The minimum Gasteiger partial charge on any atom is -0.451 e. The van der Waals surface area contributed by atoms with Crippen LogP contribution in [0.25, 0.3) is 19.5 Å². The van der Waals surface area contributed by atoms with E-state index in [4.69, 9.17) is 4.74 Å². The summed E-state index contributed by atoms with van der Waals surface area (Å²) in [5, 5.41) is 5.60. The maximum atomic E-state index is 12.1. The van der Waals surface area contributed by atoms with Crippen molar-refractivity contribution in [2.24, 2.45) is 0 Å². The Balaban J connectivity index is 1.66. The molecule has 3 amide bonds. The number of amides is 3. The molecule has 0 aliphatic carbocycles. The van der Waals surface area contributed by atoms with Crippen LogP contribution in [-0.4, -0.2) is 31.1 Å². The molecule has 0 aliphatic heterocycles. The Bertz CT molecular complexity index is 929. The lowest BCUT2D eigenvalue weighted by Crippen LogP contribution is -2.41. The van der Waals surface area contributed by atoms with Crippen molar-refractivity contribution in [3.8, 4) is 0 Å². The van der Waals surface area contributed by atoms with Gasteiger partial charge in [-0.1, -0.05) is 18.2 Å². The minimum atomic E-state index is -0.668. The van der Waals surface area contributed by atoms with Gasteiger partial charge in [-0.05, 0) is 19.1 Å². The number of nitrogens with one attached hydrogen (secondary N) is 2. The molecule has 0 unspecified atom stereocenters. The Labute approximate surface area is 145 Å². The molecular weight excluding hydrogens is 348 g/mol. The third kappa shape index (κ3) is 3.39. The second kappa shape index (κ2) is 6.98. The maximum absolute atomic E-state index is 12.1. The summed E-state index contributed by atoms with van der Waals surface area (Å²) in [5.41, 5.74) is 0. The maximum Gasteiger partial charge on any atom is 0.348 e. The lowest BCUT2D eigenvalue weighted by atomic mass is 10.2. The summed E-state index contributed by atoms with van der Waals surface area (Å²) in [6, 6.07) is 9.15. The molecular formula is C16H14N2O4S2. The highest BCUT2D eigenvalue weighted by molar-refractivity contribution is 7.33. The highest BCUT2D eigenvalue weighted by Crippen LogP contribution is 2.39. The molecule has 0 fully saturated rings. The summed E-state index contributed by atoms with van der Waals surface area (Å²) in [6.07, 6.45) is 0. The summed E-state index contributed by atoms with van der Waals surface area (Å²) >= 11 is 2.95. The van der Waals surface area contributed by atoms with E-state index in [1.54, 1.807) is 24.3 Å². The highest BCUT2D eigenvalue weighted by atomic mass is 32.1. The lowest BCUT2D eigenvalue weighted by Gasteiger charge is -2.05. The first-order valence-corrected chi connectivity index (χ1v) is 8.87. The van der Waals surface area contributed by atoms with Gasteiger partial charge in [0.1, 0.15) is 4.88 Å². The van der Waals surface area contributed by atoms with E-state index in [-0.39, 0.29) is 0 Å². The van der Waals surface area contributed by atoms with Crippen molar-refractivity contribution in [2.75, 3.05) is 13.2 Å². The number of hydrogen-bond acceptors (Lipinski definition) is 6. The normalized spacial score (nSPS) is 10.7. The van der Waals surface area contributed by atoms with Crippen LogP contribution in [0.1, 0.15) is 16.6 Å². The Morgan fingerprint density at radius 3 is 2.71 bits per heavy atom. The number of urea groups is 1. The number of ether oxygens (including phenoxy) is 1. The standard InChI is InChI=1S/C16H14N2O4S2/c1-2-17-16(21)18-13(19)8-22-15(20)12-7-11-14(24-12)9-5-3-4-6-10(9)23-11/h3-7H,2,8H2,1H3,(H2,17,18,19,21). The molecule has 3 aromatic rings. The monoisotopic (exact) mass is 362 g/mol. The van der Waals surface area contributed by atoms with Gasteiger partial charge in [0.2, 0.25) is 0 Å². The molecule has 0 saturated carbocycles. The van der Waals surface area contributed by atoms with Gasteiger partial charge in [-0.3, -0.25) is 10.1 Å². The van der Waals surface area contributed by atoms with Crippen LogP contribution in [0.5, 0.6) is 0 Å². The Hall–Kier alpha value is -2.45. The number of esters is 1. The van der Waals surface area contributed by atoms with Crippen molar-refractivity contribution in [3.05, 3.63) is 35.2 Å². The number of fused-ring (bicyclic) bond motifs is 3. The summed E-state index contributed by atoms with van der Waals surface area (Å²) in [6.45, 7) is 1.64. The van der Waals surface area contributed by atoms with Gasteiger partial charge in [-0.25, -0.2) is 9.59 Å². The van der Waals surface area contributed by atoms with Crippen LogP contribution in [0.15, 0.2) is 30.3 Å². The Morgan fingerprint density at radius 1 is 1.12 bits per heavy atom. The predicted molar refractivity (Wildman–Crippen MR) is 94.7 cm³/mol. The van der Waals surface area contributed by atoms with Crippen molar-refractivity contribution in [1.29, 1.82) is 0 Å². The Kier molecular flexibility index (Phi) is 4.77. The first kappa shape index (κ1) is 16.4. The van der Waals surface area contributed by atoms with Crippen molar-refractivity contribution < 1.29 is 19.1 Å². The Morgan fingerprint density at radius 2 is 1.92 bits per heavy atom. The van der Waals surface area contributed by atoms with Crippen LogP contribution in [0.3, 0.4) is 0 Å². The number of rotatable bonds is 4. The molecule has 2 N–H and O–H groups in total. The molecule has 6 nitrogen and oxygen atoms in total. The van der Waals surface area contributed by atoms with E-state index in [2.05, 4.69) is 10.6 Å². The van der Waals surface area contributed by atoms with Crippen molar-refractivity contribution >= 4 is 60.1 Å². The molecule has 3 rings (SSSR count). The van der Waals surface area contributed by atoms with Gasteiger partial charge in [-0.15, -0.1) is 22.7 Å². The van der Waals surface area contributed by atoms with E-state index in [9.17, 15) is 14.4 Å². The second-order valence-corrected chi connectivity index (χ2v) is 7.02. The number of carbonyl (C=O) groups is 3. The van der Waals surface area contributed by atoms with Crippen LogP contribution >= 0.6 is 22.7 Å². The van der Waals surface area contributed by atoms with Gasteiger partial charge in [0.25, 0.3) is 5.91 Å². The first-order chi connectivity index (χ1) is 11.6. The summed E-state index contributed by atoms with van der Waals surface area (Å²) in [7, 11) is 0. The molecule has 24 heavy (non-hydrogen) atoms. The average molecular weight is 362 g/mol. The van der Waals surface area contributed by atoms with Gasteiger partial charge >= 0.3 is 12.0 Å². The SMILES string of the molecule is CCNC(=O)NC(=O)COC(=O)c1cc2sc3ccccc3c2s1. The smallest absolute Gasteiger partial charge is 0.348 e. The molecule has 0 atom stereocenters. The molecule has 2 aromatic heterocycles. The first-order valence-electron chi connectivity index (χ1n) is 7.24. The van der Waals surface area contributed by atoms with Crippen LogP contribution in [0.4, 0.5) is 4.79 Å². The molecule has 0 radical (unpaired) electrons. The zero-order valence-corrected chi connectivity index (χ0v) is 14.4. The number of thiophene rings is 2. The van der Waals surface area contributed by atoms with Crippen LogP contribution in [-0.2, 0) is 9.53 Å². The van der Waals surface area contributed by atoms with E-state index in [0.29, 0.717) is 11.4 Å². The lowest BCUT2D eigenvalue weighted by molar-refractivity contribution is -0.123. The highest BCUT2D eigenvalue weighted by Gasteiger charge is 2.17. The van der Waals surface area contributed by atoms with E-state index in [1.165, 1.54) is 16.0 Å². The largest absolute Gasteiger partial charge is 0.451 e. The molecule has 8 heteroatoms. The van der Waals surface area contributed by atoms with E-state index in [0.717, 1.165) is 14.8 Å². The summed E-state index contributed by atoms with van der Waals surface area (Å²) in [4.78, 5) is 35.2. The number of imide groups is 1. The summed E-state index contributed by atoms with van der Waals surface area (Å²) < 4.78 is 8.18. The minimum absolute atomic E-state index is 0.402. The van der Waals surface area contributed by atoms with E-state index < -0.39 is 24.5 Å². The van der Waals surface area contributed by atoms with Gasteiger partial charge in [0, 0.05) is 21.3 Å². The molecule has 0 aliphatic rings. The van der Waals surface area contributed by atoms with Gasteiger partial charge < -0.3 is 10.1 Å². The molecule has 1 aromatic carbocycles. The molecule has 124 valence electrons.